The normalized spacial score (nSPS) is 28.1. The summed E-state index contributed by atoms with van der Waals surface area (Å²) in [7, 11) is 38.4. The van der Waals surface area contributed by atoms with Crippen molar-refractivity contribution in [2.24, 2.45) is 0 Å². The molecule has 790 valence electrons. The molecule has 8 fully saturated rings. The van der Waals surface area contributed by atoms with Crippen LogP contribution in [0.3, 0.4) is 0 Å². The minimum Gasteiger partial charge on any atom is -0.380 e. The summed E-state index contributed by atoms with van der Waals surface area (Å²) in [4.78, 5) is 50.5. The molecule has 16 rings (SSSR count). The van der Waals surface area contributed by atoms with Crippen LogP contribution in [0.15, 0.2) is 68.1 Å². The minimum absolute atomic E-state index is 0.00694. The summed E-state index contributed by atoms with van der Waals surface area (Å²) in [6.45, 7) is 16.7. The van der Waals surface area contributed by atoms with E-state index in [9.17, 15) is 9.59 Å². The predicted molar refractivity (Wildman–Crippen MR) is 563 cm³/mol. The number of halogens is 8. The molecule has 4 aliphatic heterocycles. The zero-order valence-corrected chi connectivity index (χ0v) is 94.9. The summed E-state index contributed by atoms with van der Waals surface area (Å²) >= 11 is 7.27. The Balaban J connectivity index is 0.000000241. The zero-order chi connectivity index (χ0) is 97.3. The van der Waals surface area contributed by atoms with Crippen LogP contribution in [0.25, 0.3) is 0 Å². The predicted octanol–water partition coefficient (Wildman–Crippen LogP) is 15.7. The van der Waals surface area contributed by atoms with Crippen LogP contribution < -0.4 is 95.7 Å². The van der Waals surface area contributed by atoms with Crippen LogP contribution in [0.1, 0.15) is 251 Å². The molecule has 139 heavy (non-hydrogen) atoms. The number of fused-ring (bicyclic) bond motifs is 16. The van der Waals surface area contributed by atoms with E-state index in [1.165, 1.54) is 215 Å². The molecule has 8 heterocycles. The van der Waals surface area contributed by atoms with Crippen molar-refractivity contribution >= 4 is 140 Å². The van der Waals surface area contributed by atoms with E-state index in [1.807, 2.05) is 23.5 Å². The van der Waals surface area contributed by atoms with Crippen LogP contribution in [0.5, 0.6) is 0 Å². The molecule has 0 unspecified atom stereocenters. The van der Waals surface area contributed by atoms with Gasteiger partial charge in [0.1, 0.15) is 13.2 Å². The molecule has 0 aromatic carbocycles. The van der Waals surface area contributed by atoms with Crippen LogP contribution in [0.4, 0.5) is 9.59 Å². The molecule has 16 atom stereocenters. The molecule has 8 saturated carbocycles. The fraction of sp³-hybridized carbons (Fsp3) is 0.771. The molecule has 8 aliphatic carbocycles. The zero-order valence-electron chi connectivity index (χ0n) is 80.9. The topological polar surface area (TPSA) is 330 Å². The number of hydrogen-bond acceptors (Lipinski definition) is 29. The molecule has 0 saturated heterocycles. The Bertz CT molecular complexity index is 3590. The van der Waals surface area contributed by atoms with E-state index in [2.05, 4.69) is 144 Å². The number of nitrogens with zero attached hydrogens (tertiary/aromatic N) is 4. The van der Waals surface area contributed by atoms with Crippen molar-refractivity contribution in [2.75, 3.05) is 115 Å². The molecule has 12 aliphatic rings. The Kier molecular flexibility index (Phi) is 62.5. The van der Waals surface area contributed by atoms with Gasteiger partial charge < -0.3 is 110 Å². The fourth-order valence-electron chi connectivity index (χ4n) is 22.0. The van der Waals surface area contributed by atoms with Crippen molar-refractivity contribution < 1.29 is 76.3 Å². The number of thioether (sulfide) groups is 4. The Morgan fingerprint density at radius 1 is 0.252 bits per heavy atom. The minimum atomic E-state index is -0.523. The van der Waals surface area contributed by atoms with Crippen LogP contribution in [-0.2, 0) is 119 Å². The molecule has 8 bridgehead atoms. The van der Waals surface area contributed by atoms with Crippen molar-refractivity contribution in [3.8, 4) is 0 Å². The van der Waals surface area contributed by atoms with E-state index in [1.54, 1.807) is 23.5 Å². The molecule has 0 spiro atoms. The summed E-state index contributed by atoms with van der Waals surface area (Å²) in [5, 5.41) is 67.9. The van der Waals surface area contributed by atoms with E-state index < -0.39 is 12.2 Å². The van der Waals surface area contributed by atoms with E-state index in [4.69, 9.17) is 115 Å². The Morgan fingerprint density at radius 2 is 0.403 bits per heavy atom. The molecule has 43 heteroatoms. The molecule has 0 radical (unpaired) electrons. The van der Waals surface area contributed by atoms with Gasteiger partial charge in [-0.1, -0.05) is 103 Å². The first-order chi connectivity index (χ1) is 68.4. The summed E-state index contributed by atoms with van der Waals surface area (Å²) in [6.07, 6.45) is 39.3. The number of carbonyl (C=O) groups is 2. The third kappa shape index (κ3) is 46.4. The maximum Gasteiger partial charge on any atom is 0.0560 e. The van der Waals surface area contributed by atoms with E-state index in [-0.39, 0.29) is 65.7 Å². The van der Waals surface area contributed by atoms with Crippen molar-refractivity contribution in [3.05, 3.63) is 94.1 Å². The second kappa shape index (κ2) is 72.7. The van der Waals surface area contributed by atoms with Crippen molar-refractivity contribution in [2.45, 2.75) is 374 Å². The molecule has 27 nitrogen and oxygen atoms in total. The van der Waals surface area contributed by atoms with Crippen LogP contribution in [0.2, 0.25) is 0 Å². The summed E-state index contributed by atoms with van der Waals surface area (Å²) in [6, 6.07) is 25.9. The van der Waals surface area contributed by atoms with Gasteiger partial charge in [0, 0.05) is 257 Å². The molecule has 18 N–H and O–H groups in total. The van der Waals surface area contributed by atoms with Gasteiger partial charge in [-0.05, 0) is 151 Å². The van der Waals surface area contributed by atoms with Crippen LogP contribution in [-0.4, -0.2) is 244 Å². The number of carbonyl (C=O) groups excluding carboxylic acids is 2. The summed E-state index contributed by atoms with van der Waals surface area (Å²) < 4.78 is 16.9. The van der Waals surface area contributed by atoms with Gasteiger partial charge in [-0.15, -0.1) is 47.0 Å². The van der Waals surface area contributed by atoms with Crippen molar-refractivity contribution in [1.29, 1.82) is 0 Å². The molecule has 4 aromatic rings. The molecular weight excluding hydrogens is 2170 g/mol. The first-order valence-electron chi connectivity index (χ1n) is 51.5. The number of aromatic nitrogens is 4. The summed E-state index contributed by atoms with van der Waals surface area (Å²) in [5.74, 6) is 3.25. The SMILES string of the molecule is O=C(NCCSc1cc2nc(c1)CN[C@@H]1CCCC[C@H]1NCCN[C@@H]1CCCC[C@H]1NC2)OCCOC(=O)NCCSc1cc2nc(c1)CN[C@@H]1CCCC[C@H]1NCCN[C@@H]1CCCC[C@H]1NC2.[Cl][Mn][Cl].[Cl][Mn][Cl].[Cl][Mn][Cl].[Cl][Mn][Cl].c1c(SCCOCCSc2cc3nc(c2)CN[C@@H]2CCCC[C@H]2NCCN[C@@H]2CCCC[C@H]2NC3)cc2nc1CN[C@@H]1CCCC[C@H]1NCCN[C@@H]1CCCC[C@H]1NC2. The first-order valence-corrected chi connectivity index (χ1v) is 68.4. The van der Waals surface area contributed by atoms with Crippen molar-refractivity contribution in [1.82, 2.24) is 116 Å². The van der Waals surface area contributed by atoms with Gasteiger partial charge in [-0.2, -0.15) is 0 Å². The maximum atomic E-state index is 12.5. The largest absolute Gasteiger partial charge is 0.380 e. The van der Waals surface area contributed by atoms with Gasteiger partial charge in [0.25, 0.3) is 0 Å². The van der Waals surface area contributed by atoms with Crippen molar-refractivity contribution in [3.63, 3.8) is 0 Å². The monoisotopic (exact) mass is 2330 g/mol. The van der Waals surface area contributed by atoms with E-state index in [0.717, 1.165) is 185 Å². The third-order valence-electron chi connectivity index (χ3n) is 28.7. The second-order valence-electron chi connectivity index (χ2n) is 38.1. The fourth-order valence-corrected chi connectivity index (χ4v) is 25.5. The first kappa shape index (κ1) is 119. The standard InChI is InChI=1S/C50H82N12O4S2.C46H76N10OS2.8ClH.4Mn/c63-49(55-21-25-67-39-27-35-31-57-45-13-5-1-9-41(45)51-17-18-52-42-10-2-6-14-46(42)58-32-36(28-39)61-35)65-23-24-66-50(64)56-22-26-68-40-29-37-33-59-47-15-7-3-11-43(47)53-19-20-54-44-12-4-8-16-48(44)60-34-38(30-40)62-37;1-5-13-43-39(9-1)47-17-18-48-40-10-2-6-14-44(40)52-30-34-26-37(25-33(55-34)29-51-43)58-23-21-57-22-24-59-38-27-35-31-53-45-15-7-3-11-41(45)49-19-20-50-42-12-4-8-16-46(42)54-32-36(28-38)56-35;;;;;;;;;;;;/h27-30,41-48,51-54,57-60H,1-26,31-34H2,(H,55,63)(H,56,64);25-28,39-54H,1-24,29-32H2;8*1H;;;;/q;;;;;;;;;;4*+2/p-8/t41-,42-,43-,44-,45-,46-,47-,48-;39-,40-,41-,42-,43-,44-,45-,46-;;;;;;;;;;;;/m11............/s1. The number of alkyl carbamates (subject to hydrolysis) is 2. The number of hydrogen-bond donors (Lipinski definition) is 18. The van der Waals surface area contributed by atoms with Crippen LogP contribution >= 0.6 is 128 Å². The molecule has 4 aromatic heterocycles. The average molecular weight is 2330 g/mol. The maximum absolute atomic E-state index is 12.5. The van der Waals surface area contributed by atoms with Gasteiger partial charge in [-0.3, -0.25) is 19.9 Å². The van der Waals surface area contributed by atoms with Gasteiger partial charge in [0.15, 0.2) is 0 Å². The Morgan fingerprint density at radius 3 is 0.568 bits per heavy atom. The number of pyridine rings is 4. The number of amides is 2. The van der Waals surface area contributed by atoms with Crippen LogP contribution in [0, 0.1) is 0 Å². The van der Waals surface area contributed by atoms with Gasteiger partial charge in [0.05, 0.1) is 58.8 Å². The van der Waals surface area contributed by atoms with Gasteiger partial charge in [0.2, 0.25) is 0 Å². The Hall–Kier alpha value is 0.258. The molecular formula is C96H158Cl8Mn4N22O5S4. The molecule has 2 amide bonds. The quantitative estimate of drug-likeness (QED) is 0.0236. The summed E-state index contributed by atoms with van der Waals surface area (Å²) in [5.41, 5.74) is 8.86. The number of ether oxygens (including phenoxy) is 3. The van der Waals surface area contributed by atoms with Gasteiger partial charge in [-0.25, -0.2) is 9.59 Å². The second-order valence-corrected chi connectivity index (χ2v) is 50.6. The van der Waals surface area contributed by atoms with E-state index >= 15 is 0 Å². The number of rotatable bonds is 19. The average Bonchev–Trinajstić information content (AvgIpc) is 1.57. The van der Waals surface area contributed by atoms with Gasteiger partial charge >= 0.3 is 146 Å². The number of nitrogens with one attached hydrogen (secondary N) is 18. The smallest absolute Gasteiger partial charge is 0.0560 e. The van der Waals surface area contributed by atoms with E-state index in [0.29, 0.717) is 121 Å². The third-order valence-corrected chi connectivity index (χ3v) is 32.5. The Labute approximate surface area is 906 Å².